The molecule has 1 aromatic carbocycles. The molecule has 2 aromatic heterocycles. The Morgan fingerprint density at radius 3 is 2.80 bits per heavy atom. The highest BCUT2D eigenvalue weighted by molar-refractivity contribution is 5.85. The highest BCUT2D eigenvalue weighted by Gasteiger charge is 2.16. The summed E-state index contributed by atoms with van der Waals surface area (Å²) in [5.74, 6) is -1.24. The summed E-state index contributed by atoms with van der Waals surface area (Å²) >= 11 is 0. The Balaban J connectivity index is 2.10. The van der Waals surface area contributed by atoms with Crippen molar-refractivity contribution in [3.05, 3.63) is 46.7 Å². The molecule has 0 unspecified atom stereocenters. The van der Waals surface area contributed by atoms with Crippen LogP contribution in [0.3, 0.4) is 0 Å². The fraction of sp³-hybridized carbons (Fsp3) is 0.154. The molecule has 3 aromatic rings. The average molecular weight is 276 g/mol. The third kappa shape index (κ3) is 1.97. The highest BCUT2D eigenvalue weighted by atomic mass is 19.1. The van der Waals surface area contributed by atoms with E-state index in [1.165, 1.54) is 12.1 Å². The monoisotopic (exact) mass is 276 g/mol. The summed E-state index contributed by atoms with van der Waals surface area (Å²) in [5.41, 5.74) is 8.55. The molecule has 7 heteroatoms. The number of aryl methyl sites for hydroxylation is 1. The zero-order chi connectivity index (χ0) is 14.3. The summed E-state index contributed by atoms with van der Waals surface area (Å²) in [6.07, 6.45) is 0.194. The lowest BCUT2D eigenvalue weighted by atomic mass is 10.0. The van der Waals surface area contributed by atoms with Crippen LogP contribution < -0.4 is 5.73 Å². The number of pyridine rings is 1. The third-order valence-corrected chi connectivity index (χ3v) is 3.14. The summed E-state index contributed by atoms with van der Waals surface area (Å²) in [6, 6.07) is 3.42. The van der Waals surface area contributed by atoms with Gasteiger partial charge in [0.25, 0.3) is 0 Å². The second-order valence-corrected chi connectivity index (χ2v) is 4.44. The highest BCUT2D eigenvalue weighted by Crippen LogP contribution is 2.26. The Labute approximate surface area is 112 Å². The predicted molar refractivity (Wildman–Crippen MR) is 67.9 cm³/mol. The van der Waals surface area contributed by atoms with Gasteiger partial charge in [-0.25, -0.2) is 18.4 Å². The molecule has 20 heavy (non-hydrogen) atoms. The number of rotatable bonds is 2. The van der Waals surface area contributed by atoms with Gasteiger partial charge in [0.15, 0.2) is 5.52 Å². The molecule has 2 N–H and O–H groups in total. The van der Waals surface area contributed by atoms with Crippen molar-refractivity contribution in [2.75, 3.05) is 5.73 Å². The molecule has 0 atom stereocenters. The van der Waals surface area contributed by atoms with E-state index in [2.05, 4.69) is 19.9 Å². The molecule has 0 fully saturated rings. The van der Waals surface area contributed by atoms with E-state index in [9.17, 15) is 8.78 Å². The molecule has 3 rings (SSSR count). The van der Waals surface area contributed by atoms with E-state index in [1.54, 1.807) is 6.92 Å². The van der Waals surface area contributed by atoms with Crippen LogP contribution in [-0.4, -0.2) is 15.3 Å². The van der Waals surface area contributed by atoms with Gasteiger partial charge in [0.2, 0.25) is 5.65 Å². The maximum atomic E-state index is 13.7. The van der Waals surface area contributed by atoms with Crippen molar-refractivity contribution in [2.24, 2.45) is 0 Å². The van der Waals surface area contributed by atoms with Crippen molar-refractivity contribution in [3.8, 4) is 0 Å². The Bertz CT molecular complexity index is 800. The van der Waals surface area contributed by atoms with E-state index in [1.807, 2.05) is 0 Å². The molecule has 0 aliphatic heterocycles. The second-order valence-electron chi connectivity index (χ2n) is 4.44. The van der Waals surface area contributed by atoms with Gasteiger partial charge in [-0.1, -0.05) is 6.07 Å². The van der Waals surface area contributed by atoms with Gasteiger partial charge in [-0.15, -0.1) is 0 Å². The van der Waals surface area contributed by atoms with Crippen molar-refractivity contribution in [1.29, 1.82) is 0 Å². The molecule has 5 nitrogen and oxygen atoms in total. The Hall–Kier alpha value is -2.57. The lowest BCUT2D eigenvalue weighted by Gasteiger charge is -2.09. The number of hydrogen-bond donors (Lipinski definition) is 1. The lowest BCUT2D eigenvalue weighted by Crippen LogP contribution is -2.04. The topological polar surface area (TPSA) is 77.8 Å². The summed E-state index contributed by atoms with van der Waals surface area (Å²) in [7, 11) is 0. The minimum atomic E-state index is -0.623. The van der Waals surface area contributed by atoms with Gasteiger partial charge in [0.1, 0.15) is 11.6 Å². The van der Waals surface area contributed by atoms with Gasteiger partial charge >= 0.3 is 0 Å². The van der Waals surface area contributed by atoms with Crippen LogP contribution in [0.15, 0.2) is 22.8 Å². The van der Waals surface area contributed by atoms with E-state index in [-0.39, 0.29) is 6.42 Å². The first-order chi connectivity index (χ1) is 9.56. The first-order valence-corrected chi connectivity index (χ1v) is 5.87. The number of benzene rings is 1. The van der Waals surface area contributed by atoms with E-state index in [4.69, 9.17) is 5.73 Å². The smallest absolute Gasteiger partial charge is 0.226 e. The number of anilines is 1. The van der Waals surface area contributed by atoms with Gasteiger partial charge in [0, 0.05) is 23.7 Å². The minimum Gasteiger partial charge on any atom is -0.396 e. The largest absolute Gasteiger partial charge is 0.396 e. The van der Waals surface area contributed by atoms with E-state index in [0.717, 1.165) is 6.07 Å². The maximum Gasteiger partial charge on any atom is 0.226 e. The molecular formula is C13H10F2N4O. The van der Waals surface area contributed by atoms with Gasteiger partial charge in [0.05, 0.1) is 5.69 Å². The Morgan fingerprint density at radius 1 is 1.25 bits per heavy atom. The summed E-state index contributed by atoms with van der Waals surface area (Å²) < 4.78 is 31.2. The molecule has 0 aliphatic carbocycles. The Kier molecular flexibility index (Phi) is 2.81. The standard InChI is InChI=1S/C13H10F2N4O/c1-6-9(4-7-2-3-8(14)5-10(7)15)11(16)12-13(17-6)19-20-18-12/h2-3,5H,4,16H2,1H3. The first-order valence-electron chi connectivity index (χ1n) is 5.87. The summed E-state index contributed by atoms with van der Waals surface area (Å²) in [6.45, 7) is 1.74. The summed E-state index contributed by atoms with van der Waals surface area (Å²) in [5, 5.41) is 7.29. The third-order valence-electron chi connectivity index (χ3n) is 3.14. The van der Waals surface area contributed by atoms with Crippen LogP contribution in [0.4, 0.5) is 14.5 Å². The lowest BCUT2D eigenvalue weighted by molar-refractivity contribution is 0.315. The number of nitrogens with zero attached hydrogens (tertiary/aromatic N) is 3. The van der Waals surface area contributed by atoms with Crippen LogP contribution in [0.25, 0.3) is 11.2 Å². The molecule has 0 bridgehead atoms. The molecule has 0 saturated carbocycles. The average Bonchev–Trinajstić information content (AvgIpc) is 2.85. The van der Waals surface area contributed by atoms with Gasteiger partial charge in [-0.05, 0) is 28.9 Å². The predicted octanol–water partition coefficient (Wildman–Crippen LogP) is 2.38. The van der Waals surface area contributed by atoms with Crippen molar-refractivity contribution in [1.82, 2.24) is 15.3 Å². The van der Waals surface area contributed by atoms with Crippen molar-refractivity contribution < 1.29 is 13.4 Å². The van der Waals surface area contributed by atoms with Gasteiger partial charge < -0.3 is 5.73 Å². The van der Waals surface area contributed by atoms with Crippen LogP contribution in [0.1, 0.15) is 16.8 Å². The molecule has 102 valence electrons. The first kappa shape index (κ1) is 12.5. The summed E-state index contributed by atoms with van der Waals surface area (Å²) in [4.78, 5) is 4.20. The number of halogens is 2. The van der Waals surface area contributed by atoms with Crippen LogP contribution in [-0.2, 0) is 6.42 Å². The van der Waals surface area contributed by atoms with E-state index >= 15 is 0 Å². The van der Waals surface area contributed by atoms with Crippen molar-refractivity contribution >= 4 is 16.9 Å². The fourth-order valence-electron chi connectivity index (χ4n) is 2.07. The fourth-order valence-corrected chi connectivity index (χ4v) is 2.07. The van der Waals surface area contributed by atoms with Crippen LogP contribution in [0.2, 0.25) is 0 Å². The van der Waals surface area contributed by atoms with Crippen molar-refractivity contribution in [3.63, 3.8) is 0 Å². The molecule has 0 spiro atoms. The molecule has 0 saturated heterocycles. The van der Waals surface area contributed by atoms with Crippen LogP contribution >= 0.6 is 0 Å². The van der Waals surface area contributed by atoms with E-state index < -0.39 is 11.6 Å². The normalized spacial score (nSPS) is 11.2. The molecule has 2 heterocycles. The maximum absolute atomic E-state index is 13.7. The number of hydrogen-bond acceptors (Lipinski definition) is 5. The van der Waals surface area contributed by atoms with Crippen molar-refractivity contribution in [2.45, 2.75) is 13.3 Å². The minimum absolute atomic E-state index is 0.194. The van der Waals surface area contributed by atoms with Crippen LogP contribution in [0.5, 0.6) is 0 Å². The molecule has 0 aliphatic rings. The number of fused-ring (bicyclic) bond motifs is 1. The SMILES string of the molecule is Cc1nc2nonc2c(N)c1Cc1ccc(F)cc1F. The zero-order valence-corrected chi connectivity index (χ0v) is 10.5. The number of nitrogens with two attached hydrogens (primary N) is 1. The molecule has 0 radical (unpaired) electrons. The van der Waals surface area contributed by atoms with Gasteiger partial charge in [-0.3, -0.25) is 0 Å². The van der Waals surface area contributed by atoms with Gasteiger partial charge in [-0.2, -0.15) is 0 Å². The number of aromatic nitrogens is 3. The quantitative estimate of drug-likeness (QED) is 0.777. The second kappa shape index (κ2) is 4.52. The van der Waals surface area contributed by atoms with Crippen LogP contribution in [0, 0.1) is 18.6 Å². The Morgan fingerprint density at radius 2 is 2.05 bits per heavy atom. The molecular weight excluding hydrogens is 266 g/mol. The van der Waals surface area contributed by atoms with E-state index in [0.29, 0.717) is 33.7 Å². The number of nitrogen functional groups attached to an aromatic ring is 1. The molecule has 0 amide bonds. The zero-order valence-electron chi connectivity index (χ0n) is 10.5.